The van der Waals surface area contributed by atoms with Crippen molar-refractivity contribution in [1.82, 2.24) is 9.55 Å². The van der Waals surface area contributed by atoms with Crippen molar-refractivity contribution in [1.29, 1.82) is 0 Å². The molecule has 3 nitrogen and oxygen atoms in total. The maximum atomic E-state index is 14.4. The number of hydrogen-bond acceptors (Lipinski definition) is 2. The third-order valence-corrected chi connectivity index (χ3v) is 5.32. The SMILES string of the molecule is OC(c1ccc(F)cc1Cl)c1c(Br)nc(Cl)n1-c1c(F)cc(F)cc1Br. The summed E-state index contributed by atoms with van der Waals surface area (Å²) in [4.78, 5) is 3.97. The van der Waals surface area contributed by atoms with Crippen LogP contribution in [-0.4, -0.2) is 14.7 Å². The molecule has 3 aromatic rings. The fourth-order valence-electron chi connectivity index (χ4n) is 2.45. The Bertz CT molecular complexity index is 990. The van der Waals surface area contributed by atoms with E-state index in [1.807, 2.05) is 0 Å². The third-order valence-electron chi connectivity index (χ3n) is 3.55. The van der Waals surface area contributed by atoms with E-state index in [0.717, 1.165) is 22.8 Å². The average molecular weight is 531 g/mol. The molecular weight excluding hydrogens is 524 g/mol. The van der Waals surface area contributed by atoms with Crippen LogP contribution in [0.3, 0.4) is 0 Å². The summed E-state index contributed by atoms with van der Waals surface area (Å²) in [6.07, 6.45) is -1.42. The normalized spacial score (nSPS) is 12.5. The summed E-state index contributed by atoms with van der Waals surface area (Å²) in [7, 11) is 0. The molecule has 0 bridgehead atoms. The lowest BCUT2D eigenvalue weighted by Gasteiger charge is -2.18. The van der Waals surface area contributed by atoms with E-state index in [0.29, 0.717) is 6.07 Å². The molecule has 0 aliphatic rings. The first-order chi connectivity index (χ1) is 12.2. The highest BCUT2D eigenvalue weighted by Crippen LogP contribution is 2.38. The van der Waals surface area contributed by atoms with Crippen molar-refractivity contribution in [2.75, 3.05) is 0 Å². The lowest BCUT2D eigenvalue weighted by Crippen LogP contribution is -2.11. The third kappa shape index (κ3) is 3.53. The van der Waals surface area contributed by atoms with Gasteiger partial charge in [-0.05, 0) is 61.7 Å². The van der Waals surface area contributed by atoms with Gasteiger partial charge in [0.05, 0.1) is 11.4 Å². The standard InChI is InChI=1S/C16H7Br2Cl2F3N2O/c17-9-3-7(22)5-11(23)12(9)25-13(15(18)24-16(25)20)14(26)8-2-1-6(21)4-10(8)19/h1-5,14,26H. The zero-order valence-corrected chi connectivity index (χ0v) is 17.1. The predicted molar refractivity (Wildman–Crippen MR) is 99.4 cm³/mol. The number of aliphatic hydroxyl groups is 1. The minimum Gasteiger partial charge on any atom is -0.382 e. The number of aliphatic hydroxyl groups excluding tert-OH is 1. The summed E-state index contributed by atoms with van der Waals surface area (Å²) in [6, 6.07) is 5.16. The summed E-state index contributed by atoms with van der Waals surface area (Å²) in [6.45, 7) is 0. The van der Waals surface area contributed by atoms with Gasteiger partial charge in [0, 0.05) is 21.1 Å². The Labute approximate surface area is 172 Å². The van der Waals surface area contributed by atoms with Crippen LogP contribution in [0.2, 0.25) is 10.3 Å². The van der Waals surface area contributed by atoms with Crippen molar-refractivity contribution >= 4 is 55.1 Å². The van der Waals surface area contributed by atoms with E-state index in [-0.39, 0.29) is 36.3 Å². The molecule has 3 rings (SSSR count). The van der Waals surface area contributed by atoms with Gasteiger partial charge in [-0.15, -0.1) is 0 Å². The van der Waals surface area contributed by atoms with E-state index >= 15 is 0 Å². The minimum atomic E-state index is -1.42. The van der Waals surface area contributed by atoms with Crippen LogP contribution in [0.1, 0.15) is 17.4 Å². The van der Waals surface area contributed by atoms with Gasteiger partial charge in [-0.1, -0.05) is 17.7 Å². The molecule has 1 heterocycles. The van der Waals surface area contributed by atoms with Gasteiger partial charge in [-0.2, -0.15) is 0 Å². The number of benzene rings is 2. The van der Waals surface area contributed by atoms with E-state index in [4.69, 9.17) is 23.2 Å². The van der Waals surface area contributed by atoms with E-state index in [1.165, 1.54) is 6.07 Å². The van der Waals surface area contributed by atoms with Crippen molar-refractivity contribution < 1.29 is 18.3 Å². The molecule has 10 heteroatoms. The van der Waals surface area contributed by atoms with Gasteiger partial charge in [0.2, 0.25) is 5.28 Å². The molecule has 0 fully saturated rings. The van der Waals surface area contributed by atoms with Crippen LogP contribution in [0.4, 0.5) is 13.2 Å². The van der Waals surface area contributed by atoms with Gasteiger partial charge >= 0.3 is 0 Å². The lowest BCUT2D eigenvalue weighted by molar-refractivity contribution is 0.212. The second-order valence-electron chi connectivity index (χ2n) is 5.18. The number of hydrogen-bond donors (Lipinski definition) is 1. The minimum absolute atomic E-state index is 0.0353. The van der Waals surface area contributed by atoms with Gasteiger partial charge in [0.1, 0.15) is 22.3 Å². The van der Waals surface area contributed by atoms with E-state index < -0.39 is 23.6 Å². The smallest absolute Gasteiger partial charge is 0.208 e. The van der Waals surface area contributed by atoms with Crippen molar-refractivity contribution in [3.05, 3.63) is 78.4 Å². The van der Waals surface area contributed by atoms with Crippen LogP contribution < -0.4 is 0 Å². The number of aromatic nitrogens is 2. The van der Waals surface area contributed by atoms with Crippen LogP contribution in [-0.2, 0) is 0 Å². The Kier molecular flexibility index (Phi) is 5.69. The molecular formula is C16H7Br2Cl2F3N2O. The molecule has 0 saturated heterocycles. The van der Waals surface area contributed by atoms with E-state index in [1.54, 1.807) is 0 Å². The highest BCUT2D eigenvalue weighted by atomic mass is 79.9. The first-order valence-electron chi connectivity index (χ1n) is 6.92. The molecule has 1 atom stereocenters. The molecule has 0 amide bonds. The molecule has 26 heavy (non-hydrogen) atoms. The predicted octanol–water partition coefficient (Wildman–Crippen LogP) is 6.20. The Morgan fingerprint density at radius 3 is 2.35 bits per heavy atom. The molecule has 0 radical (unpaired) electrons. The van der Waals surface area contributed by atoms with Crippen LogP contribution in [0.15, 0.2) is 39.4 Å². The zero-order chi connectivity index (χ0) is 19.2. The highest BCUT2D eigenvalue weighted by molar-refractivity contribution is 9.10. The second kappa shape index (κ2) is 7.52. The number of halogens is 7. The Morgan fingerprint density at radius 1 is 1.04 bits per heavy atom. The molecule has 1 unspecified atom stereocenters. The van der Waals surface area contributed by atoms with Gasteiger partial charge in [0.15, 0.2) is 5.82 Å². The van der Waals surface area contributed by atoms with Crippen LogP contribution in [0.5, 0.6) is 0 Å². The van der Waals surface area contributed by atoms with E-state index in [9.17, 15) is 18.3 Å². The van der Waals surface area contributed by atoms with Crippen molar-refractivity contribution in [3.8, 4) is 5.69 Å². The Balaban J connectivity index is 2.25. The van der Waals surface area contributed by atoms with Gasteiger partial charge < -0.3 is 5.11 Å². The number of rotatable bonds is 3. The molecule has 0 aliphatic heterocycles. The maximum Gasteiger partial charge on any atom is 0.208 e. The summed E-state index contributed by atoms with van der Waals surface area (Å²) >= 11 is 18.3. The summed E-state index contributed by atoms with van der Waals surface area (Å²) in [5.41, 5.74) is 0.0434. The van der Waals surface area contributed by atoms with Crippen LogP contribution >= 0.6 is 55.1 Å². The monoisotopic (exact) mass is 528 g/mol. The van der Waals surface area contributed by atoms with Gasteiger partial charge in [0.25, 0.3) is 0 Å². The topological polar surface area (TPSA) is 38.1 Å². The molecule has 2 aromatic carbocycles. The number of nitrogens with zero attached hydrogens (tertiary/aromatic N) is 2. The molecule has 0 aliphatic carbocycles. The highest BCUT2D eigenvalue weighted by Gasteiger charge is 2.28. The zero-order valence-electron chi connectivity index (χ0n) is 12.5. The lowest BCUT2D eigenvalue weighted by atomic mass is 10.1. The van der Waals surface area contributed by atoms with Crippen LogP contribution in [0, 0.1) is 17.5 Å². The van der Waals surface area contributed by atoms with Gasteiger partial charge in [-0.3, -0.25) is 4.57 Å². The largest absolute Gasteiger partial charge is 0.382 e. The summed E-state index contributed by atoms with van der Waals surface area (Å²) in [5, 5.41) is 10.5. The van der Waals surface area contributed by atoms with E-state index in [2.05, 4.69) is 36.8 Å². The fraction of sp³-hybridized carbons (Fsp3) is 0.0625. The second-order valence-corrected chi connectivity index (χ2v) is 7.53. The molecule has 1 N–H and O–H groups in total. The maximum absolute atomic E-state index is 14.4. The average Bonchev–Trinajstić information content (AvgIpc) is 2.80. The summed E-state index contributed by atoms with van der Waals surface area (Å²) in [5.74, 6) is -2.30. The Hall–Kier alpha value is -1.06. The molecule has 1 aromatic heterocycles. The molecule has 0 saturated carbocycles. The van der Waals surface area contributed by atoms with Crippen molar-refractivity contribution in [2.45, 2.75) is 6.10 Å². The van der Waals surface area contributed by atoms with Crippen molar-refractivity contribution in [2.24, 2.45) is 0 Å². The van der Waals surface area contributed by atoms with Crippen molar-refractivity contribution in [3.63, 3.8) is 0 Å². The van der Waals surface area contributed by atoms with Gasteiger partial charge in [-0.25, -0.2) is 18.2 Å². The fourth-order valence-corrected chi connectivity index (χ4v) is 4.23. The number of imidazole rings is 1. The summed E-state index contributed by atoms with van der Waals surface area (Å²) < 4.78 is 42.4. The molecule has 0 spiro atoms. The quantitative estimate of drug-likeness (QED) is 0.438. The molecule has 136 valence electrons. The Morgan fingerprint density at radius 2 is 1.73 bits per heavy atom. The first kappa shape index (κ1) is 19.7. The van der Waals surface area contributed by atoms with Crippen LogP contribution in [0.25, 0.3) is 5.69 Å². The first-order valence-corrected chi connectivity index (χ1v) is 9.26.